The molecule has 51 heavy (non-hydrogen) atoms. The SMILES string of the molecule is CCC(C)C(NC(=O)[C@@]1(C)CCCN1C)C(=O)N(C)C(CC(OC(C)=O)c1nc(C(=O)NC(Cc2ccccc2)CC(C)C(=O)O)cs1)C(C)C. The minimum atomic E-state index is -0.945. The maximum Gasteiger partial charge on any atom is 0.306 e. The van der Waals surface area contributed by atoms with Crippen LogP contribution in [0.4, 0.5) is 0 Å². The molecule has 1 saturated heterocycles. The van der Waals surface area contributed by atoms with Crippen LogP contribution in [0.3, 0.4) is 0 Å². The van der Waals surface area contributed by atoms with E-state index in [0.29, 0.717) is 24.3 Å². The zero-order chi connectivity index (χ0) is 38.0. The van der Waals surface area contributed by atoms with Crippen molar-refractivity contribution in [2.75, 3.05) is 20.6 Å². The molecule has 1 fully saturated rings. The molecular formula is C38H57N5O7S. The Morgan fingerprint density at radius 2 is 1.75 bits per heavy atom. The quantitative estimate of drug-likeness (QED) is 0.178. The van der Waals surface area contributed by atoms with Gasteiger partial charge in [-0.3, -0.25) is 28.9 Å². The van der Waals surface area contributed by atoms with E-state index in [1.807, 2.05) is 76.9 Å². The minimum Gasteiger partial charge on any atom is -0.481 e. The van der Waals surface area contributed by atoms with Crippen LogP contribution in [0.1, 0.15) is 108 Å². The van der Waals surface area contributed by atoms with Crippen molar-refractivity contribution in [1.82, 2.24) is 25.4 Å². The summed E-state index contributed by atoms with van der Waals surface area (Å²) in [5.41, 5.74) is 0.402. The van der Waals surface area contributed by atoms with Crippen molar-refractivity contribution in [2.24, 2.45) is 17.8 Å². The Kier molecular flexibility index (Phi) is 15.2. The Hall–Kier alpha value is -3.84. The minimum absolute atomic E-state index is 0.0542. The summed E-state index contributed by atoms with van der Waals surface area (Å²) in [4.78, 5) is 73.5. The topological polar surface area (TPSA) is 158 Å². The fourth-order valence-corrected chi connectivity index (χ4v) is 7.50. The lowest BCUT2D eigenvalue weighted by Crippen LogP contribution is -2.60. The molecule has 3 rings (SSSR count). The van der Waals surface area contributed by atoms with E-state index in [-0.39, 0.29) is 42.2 Å². The van der Waals surface area contributed by atoms with Crippen LogP contribution < -0.4 is 10.6 Å². The number of aliphatic carboxylic acids is 1. The molecule has 1 aromatic carbocycles. The Morgan fingerprint density at radius 1 is 1.08 bits per heavy atom. The van der Waals surface area contributed by atoms with E-state index in [4.69, 9.17) is 4.74 Å². The van der Waals surface area contributed by atoms with Crippen molar-refractivity contribution in [1.29, 1.82) is 0 Å². The summed E-state index contributed by atoms with van der Waals surface area (Å²) in [5, 5.41) is 17.6. The van der Waals surface area contributed by atoms with Crippen molar-refractivity contribution in [3.8, 4) is 0 Å². The number of ether oxygens (including phenoxy) is 1. The fraction of sp³-hybridized carbons (Fsp3) is 0.632. The molecule has 2 aromatic rings. The number of likely N-dealkylation sites (tertiary alicyclic amines) is 1. The number of hydrogen-bond acceptors (Lipinski definition) is 9. The van der Waals surface area contributed by atoms with Crippen LogP contribution >= 0.6 is 11.3 Å². The first-order valence-electron chi connectivity index (χ1n) is 18.0. The number of rotatable bonds is 18. The van der Waals surface area contributed by atoms with Gasteiger partial charge in [0.05, 0.1) is 11.5 Å². The molecule has 0 radical (unpaired) electrons. The van der Waals surface area contributed by atoms with E-state index in [0.717, 1.165) is 18.5 Å². The molecular weight excluding hydrogens is 671 g/mol. The summed E-state index contributed by atoms with van der Waals surface area (Å²) in [7, 11) is 3.65. The molecule has 282 valence electrons. The first-order chi connectivity index (χ1) is 24.0. The molecule has 7 atom stereocenters. The van der Waals surface area contributed by atoms with Crippen LogP contribution in [-0.4, -0.2) is 93.9 Å². The number of likely N-dealkylation sites (N-methyl/N-ethyl adjacent to an activating group) is 2. The second-order valence-electron chi connectivity index (χ2n) is 14.6. The molecule has 1 aliphatic heterocycles. The zero-order valence-corrected chi connectivity index (χ0v) is 32.4. The Labute approximate surface area is 306 Å². The van der Waals surface area contributed by atoms with Crippen LogP contribution in [0.25, 0.3) is 0 Å². The standard InChI is InChI=1S/C38H57N5O7S/c1-10-24(4)32(41-37(49)38(7)17-14-18-42(38)8)35(46)43(9)30(23(2)3)21-31(50-26(6)44)34-40-29(22-51-34)33(45)39-28(19-25(5)36(47)48)20-27-15-12-11-13-16-27/h11-13,15-16,22-25,28,30-32H,10,14,17-21H2,1-9H3,(H,39,45)(H,41,49)(H,47,48)/t24?,25?,28?,30?,31?,32?,38-/m1/s1. The number of aromatic nitrogens is 1. The number of benzene rings is 1. The van der Waals surface area contributed by atoms with Gasteiger partial charge in [-0.25, -0.2) is 4.98 Å². The van der Waals surface area contributed by atoms with Gasteiger partial charge in [-0.15, -0.1) is 11.3 Å². The number of esters is 1. The molecule has 0 bridgehead atoms. The van der Waals surface area contributed by atoms with Gasteiger partial charge in [-0.2, -0.15) is 0 Å². The number of carbonyl (C=O) groups excluding carboxylic acids is 4. The number of nitrogens with one attached hydrogen (secondary N) is 2. The average Bonchev–Trinajstić information content (AvgIpc) is 3.71. The number of carboxylic acids is 1. The number of nitrogens with zero attached hydrogens (tertiary/aromatic N) is 3. The predicted molar refractivity (Wildman–Crippen MR) is 197 cm³/mol. The summed E-state index contributed by atoms with van der Waals surface area (Å²) in [6, 6.07) is 7.93. The van der Waals surface area contributed by atoms with E-state index in [1.165, 1.54) is 18.3 Å². The molecule has 0 spiro atoms. The van der Waals surface area contributed by atoms with Crippen molar-refractivity contribution in [3.63, 3.8) is 0 Å². The van der Waals surface area contributed by atoms with Crippen LogP contribution in [0, 0.1) is 17.8 Å². The van der Waals surface area contributed by atoms with Crippen LogP contribution in [-0.2, 0) is 30.3 Å². The first kappa shape index (κ1) is 41.6. The second-order valence-corrected chi connectivity index (χ2v) is 15.5. The third-order valence-electron chi connectivity index (χ3n) is 10.4. The molecule has 3 amide bonds. The van der Waals surface area contributed by atoms with Gasteiger partial charge in [-0.05, 0) is 63.6 Å². The Morgan fingerprint density at radius 3 is 2.29 bits per heavy atom. The van der Waals surface area contributed by atoms with Gasteiger partial charge in [-0.1, -0.05) is 71.4 Å². The summed E-state index contributed by atoms with van der Waals surface area (Å²) in [6.45, 7) is 13.6. The predicted octanol–water partition coefficient (Wildman–Crippen LogP) is 5.09. The van der Waals surface area contributed by atoms with E-state index in [1.54, 1.807) is 24.3 Å². The van der Waals surface area contributed by atoms with Gasteiger partial charge in [0.2, 0.25) is 11.8 Å². The molecule has 13 heteroatoms. The Bertz CT molecular complexity index is 1500. The molecule has 3 N–H and O–H groups in total. The number of hydrogen-bond donors (Lipinski definition) is 3. The molecule has 0 saturated carbocycles. The largest absolute Gasteiger partial charge is 0.481 e. The van der Waals surface area contributed by atoms with E-state index < -0.39 is 53.5 Å². The van der Waals surface area contributed by atoms with Crippen molar-refractivity contribution in [3.05, 3.63) is 52.0 Å². The fourth-order valence-electron chi connectivity index (χ4n) is 6.66. The van der Waals surface area contributed by atoms with Gasteiger partial charge >= 0.3 is 11.9 Å². The van der Waals surface area contributed by atoms with Crippen LogP contribution in [0.2, 0.25) is 0 Å². The lowest BCUT2D eigenvalue weighted by molar-refractivity contribution is -0.149. The van der Waals surface area contributed by atoms with Gasteiger partial charge in [0.25, 0.3) is 5.91 Å². The van der Waals surface area contributed by atoms with Crippen LogP contribution in [0.15, 0.2) is 35.7 Å². The lowest BCUT2D eigenvalue weighted by Gasteiger charge is -2.38. The van der Waals surface area contributed by atoms with Crippen LogP contribution in [0.5, 0.6) is 0 Å². The number of thiazole rings is 1. The molecule has 1 aliphatic rings. The maximum absolute atomic E-state index is 14.2. The van der Waals surface area contributed by atoms with E-state index in [2.05, 4.69) is 15.6 Å². The maximum atomic E-state index is 14.2. The van der Waals surface area contributed by atoms with Crippen molar-refractivity contribution in [2.45, 2.75) is 117 Å². The number of amides is 3. The smallest absolute Gasteiger partial charge is 0.306 e. The summed E-state index contributed by atoms with van der Waals surface area (Å²) in [5.74, 6) is -3.17. The van der Waals surface area contributed by atoms with Gasteiger partial charge in [0.1, 0.15) is 16.7 Å². The third kappa shape index (κ3) is 11.1. The average molecular weight is 728 g/mol. The van der Waals surface area contributed by atoms with E-state index in [9.17, 15) is 29.1 Å². The van der Waals surface area contributed by atoms with Crippen molar-refractivity contribution < 1.29 is 33.8 Å². The normalized spacial score (nSPS) is 19.7. The molecule has 12 nitrogen and oxygen atoms in total. The summed E-state index contributed by atoms with van der Waals surface area (Å²) < 4.78 is 5.76. The zero-order valence-electron chi connectivity index (χ0n) is 31.6. The molecule has 1 aromatic heterocycles. The number of carboxylic acid groups (broad SMARTS) is 1. The highest BCUT2D eigenvalue weighted by Gasteiger charge is 2.44. The van der Waals surface area contributed by atoms with Crippen molar-refractivity contribution >= 4 is 41.0 Å². The van der Waals surface area contributed by atoms with Gasteiger partial charge < -0.3 is 25.4 Å². The third-order valence-corrected chi connectivity index (χ3v) is 11.3. The highest BCUT2D eigenvalue weighted by atomic mass is 32.1. The van der Waals surface area contributed by atoms with Gasteiger partial charge in [0, 0.05) is 37.9 Å². The highest BCUT2D eigenvalue weighted by molar-refractivity contribution is 7.09. The summed E-state index contributed by atoms with van der Waals surface area (Å²) in [6.07, 6.45) is 2.37. The lowest BCUT2D eigenvalue weighted by atomic mass is 9.91. The highest BCUT2D eigenvalue weighted by Crippen LogP contribution is 2.32. The summed E-state index contributed by atoms with van der Waals surface area (Å²) >= 11 is 1.18. The van der Waals surface area contributed by atoms with E-state index >= 15 is 0 Å². The number of carbonyl (C=O) groups is 5. The Balaban J connectivity index is 1.82. The molecule has 2 heterocycles. The second kappa shape index (κ2) is 18.6. The molecule has 0 aliphatic carbocycles. The molecule has 6 unspecified atom stereocenters. The van der Waals surface area contributed by atoms with Gasteiger partial charge in [0.15, 0.2) is 6.10 Å². The monoisotopic (exact) mass is 727 g/mol. The first-order valence-corrected chi connectivity index (χ1v) is 18.8.